The molecule has 1 atom stereocenters. The van der Waals surface area contributed by atoms with Gasteiger partial charge in [-0.05, 0) is 42.0 Å². The Bertz CT molecular complexity index is 1170. The van der Waals surface area contributed by atoms with Crippen molar-refractivity contribution >= 4 is 45.5 Å². The van der Waals surface area contributed by atoms with Crippen molar-refractivity contribution in [3.8, 4) is 5.75 Å². The average molecular weight is 453 g/mol. The highest BCUT2D eigenvalue weighted by Crippen LogP contribution is 2.43. The fourth-order valence-electron chi connectivity index (χ4n) is 3.38. The van der Waals surface area contributed by atoms with Crippen molar-refractivity contribution in [2.45, 2.75) is 6.04 Å². The number of aliphatic hydroxyl groups excluding tert-OH is 1. The van der Waals surface area contributed by atoms with E-state index >= 15 is 0 Å². The number of amides is 1. The second-order valence-corrected chi connectivity index (χ2v) is 7.97. The van der Waals surface area contributed by atoms with Crippen LogP contribution in [0.4, 0.5) is 5.13 Å². The van der Waals surface area contributed by atoms with Crippen LogP contribution in [0.2, 0.25) is 5.02 Å². The highest BCUT2D eigenvalue weighted by Gasteiger charge is 2.48. The van der Waals surface area contributed by atoms with Crippen molar-refractivity contribution in [3.05, 3.63) is 94.5 Å². The van der Waals surface area contributed by atoms with Crippen molar-refractivity contribution in [1.29, 1.82) is 0 Å². The average Bonchev–Trinajstić information content (AvgIpc) is 3.39. The van der Waals surface area contributed by atoms with Crippen LogP contribution < -0.4 is 9.64 Å². The molecule has 1 unspecified atom stereocenters. The summed E-state index contributed by atoms with van der Waals surface area (Å²) < 4.78 is 5.46. The molecule has 0 bridgehead atoms. The number of ether oxygens (including phenoxy) is 1. The lowest BCUT2D eigenvalue weighted by Gasteiger charge is -2.23. The highest BCUT2D eigenvalue weighted by molar-refractivity contribution is 7.14. The van der Waals surface area contributed by atoms with Crippen LogP contribution in [0.25, 0.3) is 5.76 Å². The number of hydrogen-bond acceptors (Lipinski definition) is 6. The van der Waals surface area contributed by atoms with Gasteiger partial charge in [0.1, 0.15) is 18.1 Å². The van der Waals surface area contributed by atoms with Crippen LogP contribution in [0.1, 0.15) is 17.2 Å². The maximum absolute atomic E-state index is 13.0. The Morgan fingerprint density at radius 2 is 2.03 bits per heavy atom. The first-order chi connectivity index (χ1) is 15.0. The lowest BCUT2D eigenvalue weighted by molar-refractivity contribution is -0.132. The van der Waals surface area contributed by atoms with Crippen LogP contribution in [0.5, 0.6) is 5.75 Å². The molecule has 4 rings (SSSR count). The quantitative estimate of drug-likeness (QED) is 0.247. The molecule has 0 spiro atoms. The van der Waals surface area contributed by atoms with Gasteiger partial charge in [0.05, 0.1) is 11.6 Å². The van der Waals surface area contributed by atoms with E-state index in [0.717, 1.165) is 0 Å². The minimum Gasteiger partial charge on any atom is -0.507 e. The Morgan fingerprint density at radius 1 is 1.26 bits per heavy atom. The normalized spacial score (nSPS) is 17.7. The van der Waals surface area contributed by atoms with Gasteiger partial charge in [0.15, 0.2) is 5.13 Å². The van der Waals surface area contributed by atoms with Crippen molar-refractivity contribution in [2.24, 2.45) is 0 Å². The number of hydrogen-bond donors (Lipinski definition) is 1. The fraction of sp³-hybridized carbons (Fsp3) is 0.0870. The van der Waals surface area contributed by atoms with E-state index in [1.807, 2.05) is 0 Å². The molecule has 1 amide bonds. The second kappa shape index (κ2) is 8.75. The SMILES string of the molecule is C=CCOc1ccc(C(O)=C2C(=O)C(=O)N(c3nccs3)C2c2cccc(Cl)c2)cc1. The third kappa shape index (κ3) is 3.97. The van der Waals surface area contributed by atoms with Crippen molar-refractivity contribution in [3.63, 3.8) is 0 Å². The largest absolute Gasteiger partial charge is 0.507 e. The van der Waals surface area contributed by atoms with Crippen LogP contribution in [-0.4, -0.2) is 28.4 Å². The van der Waals surface area contributed by atoms with Crippen molar-refractivity contribution < 1.29 is 19.4 Å². The first kappa shape index (κ1) is 20.8. The van der Waals surface area contributed by atoms with Crippen LogP contribution in [-0.2, 0) is 9.59 Å². The Balaban J connectivity index is 1.84. The number of thiazole rings is 1. The van der Waals surface area contributed by atoms with Gasteiger partial charge < -0.3 is 9.84 Å². The molecular weight excluding hydrogens is 436 g/mol. The van der Waals surface area contributed by atoms with Gasteiger partial charge in [-0.15, -0.1) is 11.3 Å². The summed E-state index contributed by atoms with van der Waals surface area (Å²) in [4.78, 5) is 31.4. The Hall–Kier alpha value is -3.42. The summed E-state index contributed by atoms with van der Waals surface area (Å²) >= 11 is 7.40. The number of aromatic nitrogens is 1. The molecule has 0 radical (unpaired) electrons. The summed E-state index contributed by atoms with van der Waals surface area (Å²) in [5.74, 6) is -1.24. The molecular formula is C23H17ClN2O4S. The molecule has 2 heterocycles. The van der Waals surface area contributed by atoms with E-state index in [2.05, 4.69) is 11.6 Å². The molecule has 0 aliphatic carbocycles. The molecule has 0 saturated carbocycles. The summed E-state index contributed by atoms with van der Waals surface area (Å²) in [6.45, 7) is 3.95. The molecule has 31 heavy (non-hydrogen) atoms. The molecule has 2 aromatic carbocycles. The predicted octanol–water partition coefficient (Wildman–Crippen LogP) is 4.99. The van der Waals surface area contributed by atoms with Gasteiger partial charge >= 0.3 is 5.91 Å². The van der Waals surface area contributed by atoms with Crippen molar-refractivity contribution in [1.82, 2.24) is 4.98 Å². The summed E-state index contributed by atoms with van der Waals surface area (Å²) in [7, 11) is 0. The van der Waals surface area contributed by atoms with Crippen LogP contribution in [0, 0.1) is 0 Å². The van der Waals surface area contributed by atoms with Crippen molar-refractivity contribution in [2.75, 3.05) is 11.5 Å². The fourth-order valence-corrected chi connectivity index (χ4v) is 4.24. The van der Waals surface area contributed by atoms with Gasteiger partial charge in [-0.1, -0.05) is 36.4 Å². The number of rotatable bonds is 6. The van der Waals surface area contributed by atoms with Crippen LogP contribution >= 0.6 is 22.9 Å². The number of carbonyl (C=O) groups excluding carboxylic acids is 2. The third-order valence-corrected chi connectivity index (χ3v) is 5.74. The molecule has 1 fully saturated rings. The van der Waals surface area contributed by atoms with E-state index in [1.54, 1.807) is 66.2 Å². The lowest BCUT2D eigenvalue weighted by atomic mass is 9.95. The van der Waals surface area contributed by atoms with E-state index in [4.69, 9.17) is 16.3 Å². The third-order valence-electron chi connectivity index (χ3n) is 4.73. The number of Topliss-reactive ketones (excluding diaryl/α,β-unsaturated/α-hetero) is 1. The number of benzene rings is 2. The number of halogens is 1. The Kier molecular flexibility index (Phi) is 5.88. The Morgan fingerprint density at radius 3 is 2.68 bits per heavy atom. The van der Waals surface area contributed by atoms with Gasteiger partial charge in [0, 0.05) is 22.2 Å². The van der Waals surface area contributed by atoms with Gasteiger partial charge in [-0.25, -0.2) is 4.98 Å². The van der Waals surface area contributed by atoms with E-state index < -0.39 is 17.7 Å². The standard InChI is InChI=1S/C23H17ClN2O4S/c1-2-11-30-17-8-6-14(7-9-17)20(27)18-19(15-4-3-5-16(24)13-15)26(22(29)21(18)28)23-25-10-12-31-23/h2-10,12-13,19,27H,1,11H2. The molecule has 3 aromatic rings. The minimum atomic E-state index is -0.860. The molecule has 1 aliphatic heterocycles. The highest BCUT2D eigenvalue weighted by atomic mass is 35.5. The zero-order valence-corrected chi connectivity index (χ0v) is 17.8. The van der Waals surface area contributed by atoms with Gasteiger partial charge in [0.2, 0.25) is 0 Å². The van der Waals surface area contributed by atoms with Crippen LogP contribution in [0.3, 0.4) is 0 Å². The first-order valence-electron chi connectivity index (χ1n) is 9.31. The molecule has 1 aromatic heterocycles. The van der Waals surface area contributed by atoms with Gasteiger partial charge in [0.25, 0.3) is 5.78 Å². The molecule has 1 aliphatic rings. The summed E-state index contributed by atoms with van der Waals surface area (Å²) in [6.07, 6.45) is 3.18. The second-order valence-electron chi connectivity index (χ2n) is 6.66. The van der Waals surface area contributed by atoms with Crippen LogP contribution in [0.15, 0.2) is 78.3 Å². The minimum absolute atomic E-state index is 0.0257. The first-order valence-corrected chi connectivity index (χ1v) is 10.6. The molecule has 8 heteroatoms. The molecule has 156 valence electrons. The lowest BCUT2D eigenvalue weighted by Crippen LogP contribution is -2.29. The zero-order valence-electron chi connectivity index (χ0n) is 16.2. The number of aliphatic hydroxyl groups is 1. The summed E-state index contributed by atoms with van der Waals surface area (Å²) in [5.41, 5.74) is 0.951. The molecule has 6 nitrogen and oxygen atoms in total. The van der Waals surface area contributed by atoms with E-state index in [9.17, 15) is 14.7 Å². The van der Waals surface area contributed by atoms with E-state index in [0.29, 0.717) is 33.6 Å². The number of carbonyl (C=O) groups is 2. The van der Waals surface area contributed by atoms with E-state index in [-0.39, 0.29) is 11.3 Å². The summed E-state index contributed by atoms with van der Waals surface area (Å²) in [6, 6.07) is 12.6. The predicted molar refractivity (Wildman–Crippen MR) is 120 cm³/mol. The summed E-state index contributed by atoms with van der Waals surface area (Å²) in [5, 5.41) is 13.6. The number of anilines is 1. The Labute approximate surface area is 187 Å². The number of nitrogens with zero attached hydrogens (tertiary/aromatic N) is 2. The monoisotopic (exact) mass is 452 g/mol. The molecule has 1 saturated heterocycles. The zero-order chi connectivity index (χ0) is 22.0. The maximum Gasteiger partial charge on any atom is 0.301 e. The maximum atomic E-state index is 13.0. The molecule has 1 N–H and O–H groups in total. The van der Waals surface area contributed by atoms with E-state index in [1.165, 1.54) is 16.2 Å². The van der Waals surface area contributed by atoms with Gasteiger partial charge in [-0.3, -0.25) is 14.5 Å². The number of ketones is 1. The topological polar surface area (TPSA) is 79.7 Å². The smallest absolute Gasteiger partial charge is 0.301 e. The van der Waals surface area contributed by atoms with Gasteiger partial charge in [-0.2, -0.15) is 0 Å².